The van der Waals surface area contributed by atoms with E-state index in [1.807, 2.05) is 6.07 Å². The van der Waals surface area contributed by atoms with Gasteiger partial charge in [-0.25, -0.2) is 4.98 Å². The largest absolute Gasteiger partial charge is 0.383 e. The van der Waals surface area contributed by atoms with Gasteiger partial charge in [0.15, 0.2) is 0 Å². The predicted molar refractivity (Wildman–Crippen MR) is 55.9 cm³/mol. The molecule has 0 saturated carbocycles. The van der Waals surface area contributed by atoms with Crippen LogP contribution in [0.1, 0.15) is 5.56 Å². The second-order valence-electron chi connectivity index (χ2n) is 2.86. The number of fused-ring (bicyclic) bond motifs is 1. The highest BCUT2D eigenvalue weighted by atomic mass is 35.5. The lowest BCUT2D eigenvalue weighted by Gasteiger charge is -2.02. The smallest absolute Gasteiger partial charge is 0.131 e. The van der Waals surface area contributed by atoms with Gasteiger partial charge in [-0.05, 0) is 18.2 Å². The molecule has 0 saturated heterocycles. The van der Waals surface area contributed by atoms with E-state index in [-0.39, 0.29) is 0 Å². The molecule has 0 unspecified atom stereocenters. The molecule has 0 atom stereocenters. The fourth-order valence-electron chi connectivity index (χ4n) is 1.32. The van der Waals surface area contributed by atoms with Crippen LogP contribution >= 0.6 is 11.6 Å². The number of halogens is 1. The third-order valence-corrected chi connectivity index (χ3v) is 2.24. The van der Waals surface area contributed by atoms with Gasteiger partial charge < -0.3 is 5.73 Å². The fraction of sp³-hybridized carbons (Fsp3) is 0. The van der Waals surface area contributed by atoms with E-state index >= 15 is 0 Å². The Morgan fingerprint density at radius 1 is 1.36 bits per heavy atom. The summed E-state index contributed by atoms with van der Waals surface area (Å²) in [4.78, 5) is 3.92. The van der Waals surface area contributed by atoms with E-state index in [1.54, 1.807) is 18.2 Å². The molecule has 1 aromatic carbocycles. The van der Waals surface area contributed by atoms with Gasteiger partial charge in [0.05, 0.1) is 5.56 Å². The van der Waals surface area contributed by atoms with Gasteiger partial charge in [0.1, 0.15) is 11.9 Å². The molecule has 3 nitrogen and oxygen atoms in total. The first-order chi connectivity index (χ1) is 6.72. The molecule has 0 radical (unpaired) electrons. The van der Waals surface area contributed by atoms with Gasteiger partial charge in [-0.2, -0.15) is 5.26 Å². The number of hydrogen-bond donors (Lipinski definition) is 1. The number of nitriles is 1. The summed E-state index contributed by atoms with van der Waals surface area (Å²) in [5.74, 6) is 0.413. The van der Waals surface area contributed by atoms with Crippen molar-refractivity contribution in [3.05, 3.63) is 35.0 Å². The molecular formula is C10H6ClN3. The molecule has 0 amide bonds. The van der Waals surface area contributed by atoms with Crippen molar-refractivity contribution >= 4 is 28.2 Å². The van der Waals surface area contributed by atoms with Crippen LogP contribution in [0.4, 0.5) is 5.82 Å². The van der Waals surface area contributed by atoms with Crippen molar-refractivity contribution < 1.29 is 0 Å². The Kier molecular flexibility index (Phi) is 1.99. The summed E-state index contributed by atoms with van der Waals surface area (Å²) in [6.07, 6.45) is 1.45. The zero-order valence-corrected chi connectivity index (χ0v) is 7.92. The molecule has 14 heavy (non-hydrogen) atoms. The summed E-state index contributed by atoms with van der Waals surface area (Å²) in [6, 6.07) is 7.25. The van der Waals surface area contributed by atoms with Gasteiger partial charge in [0.25, 0.3) is 0 Å². The SMILES string of the molecule is N#Cc1cnc(N)c2ccc(Cl)cc12. The first-order valence-corrected chi connectivity index (χ1v) is 4.34. The maximum atomic E-state index is 8.84. The number of pyridine rings is 1. The highest BCUT2D eigenvalue weighted by Gasteiger charge is 2.04. The van der Waals surface area contributed by atoms with Crippen LogP contribution < -0.4 is 5.73 Å². The number of benzene rings is 1. The van der Waals surface area contributed by atoms with E-state index in [0.29, 0.717) is 16.4 Å². The molecule has 1 aromatic heterocycles. The molecule has 2 rings (SSSR count). The molecule has 0 spiro atoms. The Morgan fingerprint density at radius 2 is 2.14 bits per heavy atom. The zero-order valence-electron chi connectivity index (χ0n) is 7.16. The van der Waals surface area contributed by atoms with Crippen LogP contribution in [-0.4, -0.2) is 4.98 Å². The van der Waals surface area contributed by atoms with E-state index in [0.717, 1.165) is 10.8 Å². The maximum absolute atomic E-state index is 8.84. The lowest BCUT2D eigenvalue weighted by molar-refractivity contribution is 1.34. The van der Waals surface area contributed by atoms with Crippen molar-refractivity contribution in [3.8, 4) is 6.07 Å². The second kappa shape index (κ2) is 3.17. The van der Waals surface area contributed by atoms with Gasteiger partial charge in [-0.3, -0.25) is 0 Å². The standard InChI is InChI=1S/C10H6ClN3/c11-7-1-2-8-9(3-7)6(4-12)5-14-10(8)13/h1-3,5H,(H2,13,14). The summed E-state index contributed by atoms with van der Waals surface area (Å²) in [7, 11) is 0. The van der Waals surface area contributed by atoms with Gasteiger partial charge >= 0.3 is 0 Å². The van der Waals surface area contributed by atoms with E-state index in [9.17, 15) is 0 Å². The Morgan fingerprint density at radius 3 is 2.86 bits per heavy atom. The second-order valence-corrected chi connectivity index (χ2v) is 3.30. The third-order valence-electron chi connectivity index (χ3n) is 2.00. The van der Waals surface area contributed by atoms with Crippen LogP contribution in [0, 0.1) is 11.3 Å². The minimum Gasteiger partial charge on any atom is -0.383 e. The summed E-state index contributed by atoms with van der Waals surface area (Å²) in [6.45, 7) is 0. The highest BCUT2D eigenvalue weighted by Crippen LogP contribution is 2.25. The number of nitrogens with two attached hydrogens (primary N) is 1. The maximum Gasteiger partial charge on any atom is 0.131 e. The molecule has 4 heteroatoms. The molecule has 2 aromatic rings. The summed E-state index contributed by atoms with van der Waals surface area (Å²) in [5.41, 5.74) is 6.15. The molecule has 0 aliphatic rings. The first-order valence-electron chi connectivity index (χ1n) is 3.96. The summed E-state index contributed by atoms with van der Waals surface area (Å²) < 4.78 is 0. The topological polar surface area (TPSA) is 62.7 Å². The van der Waals surface area contributed by atoms with Crippen molar-refractivity contribution in [1.82, 2.24) is 4.98 Å². The monoisotopic (exact) mass is 203 g/mol. The predicted octanol–water partition coefficient (Wildman–Crippen LogP) is 2.34. The van der Waals surface area contributed by atoms with E-state index in [1.165, 1.54) is 6.20 Å². The summed E-state index contributed by atoms with van der Waals surface area (Å²) in [5, 5.41) is 10.9. The molecule has 0 bridgehead atoms. The summed E-state index contributed by atoms with van der Waals surface area (Å²) >= 11 is 5.83. The van der Waals surface area contributed by atoms with Gasteiger partial charge in [-0.15, -0.1) is 0 Å². The lowest BCUT2D eigenvalue weighted by atomic mass is 10.1. The van der Waals surface area contributed by atoms with Crippen LogP contribution in [-0.2, 0) is 0 Å². The van der Waals surface area contributed by atoms with E-state index < -0.39 is 0 Å². The number of hydrogen-bond acceptors (Lipinski definition) is 3. The lowest BCUT2D eigenvalue weighted by Crippen LogP contribution is -1.93. The van der Waals surface area contributed by atoms with Gasteiger partial charge in [0.2, 0.25) is 0 Å². The van der Waals surface area contributed by atoms with Crippen LogP contribution in [0.25, 0.3) is 10.8 Å². The van der Waals surface area contributed by atoms with Crippen LogP contribution in [0.2, 0.25) is 5.02 Å². The van der Waals surface area contributed by atoms with Crippen molar-refractivity contribution in [2.75, 3.05) is 5.73 Å². The van der Waals surface area contributed by atoms with Crippen molar-refractivity contribution in [1.29, 1.82) is 5.26 Å². The number of nitrogens with zero attached hydrogens (tertiary/aromatic N) is 2. The minimum atomic E-state index is 0.413. The normalized spacial score (nSPS) is 10.0. The number of aromatic nitrogens is 1. The molecule has 2 N–H and O–H groups in total. The van der Waals surface area contributed by atoms with Crippen molar-refractivity contribution in [2.45, 2.75) is 0 Å². The Bertz CT molecular complexity index is 543. The van der Waals surface area contributed by atoms with E-state index in [4.69, 9.17) is 22.6 Å². The third kappa shape index (κ3) is 1.26. The van der Waals surface area contributed by atoms with Crippen LogP contribution in [0.3, 0.4) is 0 Å². The number of rotatable bonds is 0. The molecule has 68 valence electrons. The van der Waals surface area contributed by atoms with Crippen LogP contribution in [0.5, 0.6) is 0 Å². The van der Waals surface area contributed by atoms with Gasteiger partial charge in [-0.1, -0.05) is 11.6 Å². The zero-order chi connectivity index (χ0) is 10.1. The fourth-order valence-corrected chi connectivity index (χ4v) is 1.50. The molecule has 0 aliphatic carbocycles. The average molecular weight is 204 g/mol. The molecular weight excluding hydrogens is 198 g/mol. The molecule has 1 heterocycles. The van der Waals surface area contributed by atoms with E-state index in [2.05, 4.69) is 4.98 Å². The Labute approximate surface area is 85.7 Å². The first kappa shape index (κ1) is 8.79. The number of nitrogen functional groups attached to an aromatic ring is 1. The van der Waals surface area contributed by atoms with Crippen molar-refractivity contribution in [3.63, 3.8) is 0 Å². The Balaban J connectivity index is 2.94. The quantitative estimate of drug-likeness (QED) is 0.715. The minimum absolute atomic E-state index is 0.413. The highest BCUT2D eigenvalue weighted by molar-refractivity contribution is 6.31. The molecule has 0 aliphatic heterocycles. The average Bonchev–Trinajstić information content (AvgIpc) is 2.18. The van der Waals surface area contributed by atoms with Gasteiger partial charge in [0, 0.05) is 22.0 Å². The number of anilines is 1. The van der Waals surface area contributed by atoms with Crippen LogP contribution in [0.15, 0.2) is 24.4 Å². The molecule has 0 fully saturated rings. The Hall–Kier alpha value is -1.79. The van der Waals surface area contributed by atoms with Crippen molar-refractivity contribution in [2.24, 2.45) is 0 Å².